The molecule has 0 saturated carbocycles. The molecule has 6 heteroatoms. The topological polar surface area (TPSA) is 84.9 Å². The van der Waals surface area contributed by atoms with E-state index < -0.39 is 0 Å². The van der Waals surface area contributed by atoms with Crippen LogP contribution >= 0.6 is 0 Å². The molecule has 4 rings (SSSR count). The molecular formula is C30H33N5O. The predicted octanol–water partition coefficient (Wildman–Crippen LogP) is 5.54. The third-order valence-corrected chi connectivity index (χ3v) is 6.45. The molecule has 1 aromatic heterocycles. The maximum Gasteiger partial charge on any atom is 0.257 e. The third kappa shape index (κ3) is 6.69. The van der Waals surface area contributed by atoms with E-state index in [-0.39, 0.29) is 17.8 Å². The summed E-state index contributed by atoms with van der Waals surface area (Å²) in [6, 6.07) is 30.0. The zero-order valence-electron chi connectivity index (χ0n) is 20.7. The Bertz CT molecular complexity index is 1200. The van der Waals surface area contributed by atoms with Crippen molar-refractivity contribution in [2.45, 2.75) is 32.1 Å². The average Bonchev–Trinajstić information content (AvgIpc) is 3.33. The Morgan fingerprint density at radius 3 is 2.06 bits per heavy atom. The fourth-order valence-electron chi connectivity index (χ4n) is 4.44. The third-order valence-electron chi connectivity index (χ3n) is 6.45. The maximum absolute atomic E-state index is 12.8. The zero-order chi connectivity index (χ0) is 25.2. The van der Waals surface area contributed by atoms with E-state index in [9.17, 15) is 4.79 Å². The molecule has 0 aliphatic carbocycles. The number of amides is 1. The number of nitrogens with zero attached hydrogens (tertiary/aromatic N) is 2. The summed E-state index contributed by atoms with van der Waals surface area (Å²) < 4.78 is 0. The highest BCUT2D eigenvalue weighted by Gasteiger charge is 2.19. The highest BCUT2D eigenvalue weighted by Crippen LogP contribution is 2.28. The molecule has 0 atom stereocenters. The molecule has 0 aliphatic heterocycles. The van der Waals surface area contributed by atoms with Crippen LogP contribution in [0, 0.1) is 12.3 Å². The molecule has 3 N–H and O–H groups in total. The Labute approximate surface area is 212 Å². The number of aromatic amines is 1. The monoisotopic (exact) mass is 479 g/mol. The van der Waals surface area contributed by atoms with Gasteiger partial charge in [-0.15, -0.1) is 0 Å². The van der Waals surface area contributed by atoms with Gasteiger partial charge in [0.15, 0.2) is 5.96 Å². The van der Waals surface area contributed by atoms with Gasteiger partial charge < -0.3 is 9.88 Å². The number of guanidine groups is 1. The molecule has 3 aromatic carbocycles. The lowest BCUT2D eigenvalue weighted by molar-refractivity contribution is 0.0971. The van der Waals surface area contributed by atoms with Crippen LogP contribution in [0.1, 0.15) is 51.6 Å². The van der Waals surface area contributed by atoms with Crippen molar-refractivity contribution in [3.63, 3.8) is 0 Å². The number of carbonyl (C=O) groups excluding carboxylic acids is 1. The summed E-state index contributed by atoms with van der Waals surface area (Å²) in [6.07, 6.45) is 4.18. The molecule has 0 saturated heterocycles. The molecule has 0 bridgehead atoms. The Balaban J connectivity index is 1.48. The molecule has 0 fully saturated rings. The first-order valence-corrected chi connectivity index (χ1v) is 12.4. The van der Waals surface area contributed by atoms with Gasteiger partial charge in [0.1, 0.15) is 0 Å². The fraction of sp³-hybridized carbons (Fsp3) is 0.233. The molecule has 0 unspecified atom stereocenters. The van der Waals surface area contributed by atoms with Crippen molar-refractivity contribution in [3.05, 3.63) is 125 Å². The van der Waals surface area contributed by atoms with Crippen molar-refractivity contribution >= 4 is 11.9 Å². The van der Waals surface area contributed by atoms with Crippen LogP contribution in [0.15, 0.2) is 97.3 Å². The van der Waals surface area contributed by atoms with E-state index in [2.05, 4.69) is 63.8 Å². The number of aryl methyl sites for hydroxylation is 2. The number of rotatable bonds is 10. The lowest BCUT2D eigenvalue weighted by Crippen LogP contribution is -2.44. The first kappa shape index (κ1) is 24.9. The van der Waals surface area contributed by atoms with E-state index in [0.717, 1.165) is 30.7 Å². The second-order valence-electron chi connectivity index (χ2n) is 8.90. The first-order valence-electron chi connectivity index (χ1n) is 12.4. The largest absolute Gasteiger partial charge is 0.348 e. The Hall–Kier alpha value is -4.19. The Morgan fingerprint density at radius 2 is 1.50 bits per heavy atom. The van der Waals surface area contributed by atoms with Crippen LogP contribution in [0.5, 0.6) is 0 Å². The summed E-state index contributed by atoms with van der Waals surface area (Å²) in [7, 11) is 0. The molecular weight excluding hydrogens is 446 g/mol. The molecule has 4 aromatic rings. The summed E-state index contributed by atoms with van der Waals surface area (Å²) in [5.74, 6) is 0.0556. The smallest absolute Gasteiger partial charge is 0.257 e. The van der Waals surface area contributed by atoms with Crippen LogP contribution in [0.3, 0.4) is 0 Å². The van der Waals surface area contributed by atoms with Gasteiger partial charge in [0, 0.05) is 30.3 Å². The summed E-state index contributed by atoms with van der Waals surface area (Å²) in [5.41, 5.74) is 5.15. The summed E-state index contributed by atoms with van der Waals surface area (Å²) >= 11 is 0. The van der Waals surface area contributed by atoms with Gasteiger partial charge in [-0.3, -0.25) is 15.5 Å². The molecule has 0 spiro atoms. The zero-order valence-corrected chi connectivity index (χ0v) is 20.7. The van der Waals surface area contributed by atoms with Gasteiger partial charge in [-0.2, -0.15) is 0 Å². The van der Waals surface area contributed by atoms with Crippen molar-refractivity contribution < 1.29 is 4.79 Å². The molecule has 0 aliphatic rings. The normalized spacial score (nSPS) is 10.8. The van der Waals surface area contributed by atoms with Gasteiger partial charge in [-0.05, 0) is 49.4 Å². The number of hydrogen-bond acceptors (Lipinski definition) is 3. The molecule has 184 valence electrons. The Kier molecular flexibility index (Phi) is 8.65. The number of aromatic nitrogens is 2. The highest BCUT2D eigenvalue weighted by atomic mass is 16.1. The van der Waals surface area contributed by atoms with Gasteiger partial charge in [-0.25, -0.2) is 4.98 Å². The number of carbonyl (C=O) groups is 1. The van der Waals surface area contributed by atoms with Gasteiger partial charge in [0.25, 0.3) is 5.91 Å². The Morgan fingerprint density at radius 1 is 0.917 bits per heavy atom. The van der Waals surface area contributed by atoms with Crippen LogP contribution < -0.4 is 5.32 Å². The van der Waals surface area contributed by atoms with E-state index in [4.69, 9.17) is 5.41 Å². The standard InChI is InChI=1S/C30H33N5O/c1-23-28(33-22-32-23)18-11-20-35(30(31)34-29(36)26-16-9-4-10-17-26)21-19-27(24-12-5-2-6-13-24)25-14-7-3-8-15-25/h2-10,12-17,22,27H,11,18-21H2,1H3,(H,32,33)(H2,31,34,36). The van der Waals surface area contributed by atoms with E-state index in [1.807, 2.05) is 42.2 Å². The number of imidazole rings is 1. The number of hydrogen-bond donors (Lipinski definition) is 3. The van der Waals surface area contributed by atoms with Gasteiger partial charge in [-0.1, -0.05) is 78.9 Å². The van der Waals surface area contributed by atoms with Crippen LogP contribution in [0.4, 0.5) is 0 Å². The van der Waals surface area contributed by atoms with Crippen molar-refractivity contribution in [1.29, 1.82) is 5.41 Å². The average molecular weight is 480 g/mol. The summed E-state index contributed by atoms with van der Waals surface area (Å²) in [4.78, 5) is 22.3. The van der Waals surface area contributed by atoms with Crippen LogP contribution in [-0.4, -0.2) is 39.8 Å². The fourth-order valence-corrected chi connectivity index (χ4v) is 4.44. The second kappa shape index (κ2) is 12.5. The lowest BCUT2D eigenvalue weighted by Gasteiger charge is -2.28. The maximum atomic E-state index is 12.8. The van der Waals surface area contributed by atoms with Crippen molar-refractivity contribution in [2.75, 3.05) is 13.1 Å². The van der Waals surface area contributed by atoms with Crippen molar-refractivity contribution in [3.8, 4) is 0 Å². The first-order chi connectivity index (χ1) is 17.6. The second-order valence-corrected chi connectivity index (χ2v) is 8.90. The minimum absolute atomic E-state index is 0.127. The van der Waals surface area contributed by atoms with E-state index in [1.165, 1.54) is 11.1 Å². The molecule has 36 heavy (non-hydrogen) atoms. The summed E-state index contributed by atoms with van der Waals surface area (Å²) in [6.45, 7) is 3.31. The molecule has 1 heterocycles. The SMILES string of the molecule is Cc1[nH]cnc1CCCN(CCC(c1ccccc1)c1ccccc1)C(=N)NC(=O)c1ccccc1. The molecule has 6 nitrogen and oxygen atoms in total. The quantitative estimate of drug-likeness (QED) is 0.206. The van der Waals surface area contributed by atoms with E-state index >= 15 is 0 Å². The minimum atomic E-state index is -0.267. The van der Waals surface area contributed by atoms with E-state index in [1.54, 1.807) is 18.5 Å². The predicted molar refractivity (Wildman–Crippen MR) is 144 cm³/mol. The van der Waals surface area contributed by atoms with Crippen LogP contribution in [0.2, 0.25) is 0 Å². The number of nitrogens with one attached hydrogen (secondary N) is 3. The highest BCUT2D eigenvalue weighted by molar-refractivity contribution is 6.04. The van der Waals surface area contributed by atoms with Crippen molar-refractivity contribution in [1.82, 2.24) is 20.2 Å². The molecule has 0 radical (unpaired) electrons. The van der Waals surface area contributed by atoms with E-state index in [0.29, 0.717) is 18.7 Å². The van der Waals surface area contributed by atoms with Crippen LogP contribution in [-0.2, 0) is 6.42 Å². The lowest BCUT2D eigenvalue weighted by atomic mass is 9.88. The van der Waals surface area contributed by atoms with Crippen LogP contribution in [0.25, 0.3) is 0 Å². The van der Waals surface area contributed by atoms with Gasteiger partial charge in [0.2, 0.25) is 0 Å². The summed E-state index contributed by atoms with van der Waals surface area (Å²) in [5, 5.41) is 11.5. The van der Waals surface area contributed by atoms with Gasteiger partial charge >= 0.3 is 0 Å². The van der Waals surface area contributed by atoms with Crippen molar-refractivity contribution in [2.24, 2.45) is 0 Å². The minimum Gasteiger partial charge on any atom is -0.348 e. The number of H-pyrrole nitrogens is 1. The number of benzene rings is 3. The van der Waals surface area contributed by atoms with Gasteiger partial charge in [0.05, 0.1) is 12.0 Å². The molecule has 1 amide bonds.